The van der Waals surface area contributed by atoms with Crippen LogP contribution in [0, 0.1) is 18.3 Å². The molecule has 0 N–H and O–H groups in total. The highest BCUT2D eigenvalue weighted by molar-refractivity contribution is 9.11. The number of benzene rings is 1. The Labute approximate surface area is 111 Å². The molecule has 1 aromatic carbocycles. The summed E-state index contributed by atoms with van der Waals surface area (Å²) in [5.74, 6) is 0. The number of hydrogen-bond acceptors (Lipinski definition) is 1. The standard InChI is InChI=1S/C12H8Br2N2/c1-8-2-4-11(10(13)6-8)16-9(7-15)3-5-12(16)14/h2-6H,1H3. The lowest BCUT2D eigenvalue weighted by atomic mass is 10.2. The third-order valence-corrected chi connectivity index (χ3v) is 3.55. The second-order valence-electron chi connectivity index (χ2n) is 3.44. The van der Waals surface area contributed by atoms with E-state index in [9.17, 15) is 0 Å². The molecule has 0 fully saturated rings. The summed E-state index contributed by atoms with van der Waals surface area (Å²) in [5, 5.41) is 9.03. The maximum Gasteiger partial charge on any atom is 0.125 e. The zero-order valence-corrected chi connectivity index (χ0v) is 11.7. The Morgan fingerprint density at radius 3 is 2.56 bits per heavy atom. The smallest absolute Gasteiger partial charge is 0.125 e. The Morgan fingerprint density at radius 1 is 1.19 bits per heavy atom. The van der Waals surface area contributed by atoms with Crippen LogP contribution in [0.2, 0.25) is 0 Å². The van der Waals surface area contributed by atoms with Gasteiger partial charge in [0.2, 0.25) is 0 Å². The van der Waals surface area contributed by atoms with Gasteiger partial charge in [0.25, 0.3) is 0 Å². The van der Waals surface area contributed by atoms with Crippen LogP contribution in [0.15, 0.2) is 39.4 Å². The van der Waals surface area contributed by atoms with E-state index in [-0.39, 0.29) is 0 Å². The third-order valence-electron chi connectivity index (χ3n) is 2.29. The second-order valence-corrected chi connectivity index (χ2v) is 5.11. The van der Waals surface area contributed by atoms with Gasteiger partial charge in [0.05, 0.1) is 10.3 Å². The molecule has 2 nitrogen and oxygen atoms in total. The first-order chi connectivity index (χ1) is 7.63. The fourth-order valence-corrected chi connectivity index (χ4v) is 2.72. The largest absolute Gasteiger partial charge is 0.294 e. The molecule has 0 aliphatic rings. The van der Waals surface area contributed by atoms with Gasteiger partial charge in [0, 0.05) is 4.47 Å². The second kappa shape index (κ2) is 4.44. The van der Waals surface area contributed by atoms with Crippen LogP contribution < -0.4 is 0 Å². The molecule has 16 heavy (non-hydrogen) atoms. The van der Waals surface area contributed by atoms with Crippen LogP contribution in [-0.2, 0) is 0 Å². The van der Waals surface area contributed by atoms with Crippen molar-refractivity contribution in [3.63, 3.8) is 0 Å². The molecule has 0 amide bonds. The van der Waals surface area contributed by atoms with Gasteiger partial charge in [-0.05, 0) is 68.6 Å². The lowest BCUT2D eigenvalue weighted by Crippen LogP contribution is -1.98. The van der Waals surface area contributed by atoms with Crippen molar-refractivity contribution in [2.75, 3.05) is 0 Å². The summed E-state index contributed by atoms with van der Waals surface area (Å²) in [6.45, 7) is 2.03. The van der Waals surface area contributed by atoms with E-state index in [2.05, 4.69) is 37.9 Å². The van der Waals surface area contributed by atoms with E-state index in [1.165, 1.54) is 5.56 Å². The molecular weight excluding hydrogens is 332 g/mol. The third kappa shape index (κ3) is 1.93. The van der Waals surface area contributed by atoms with E-state index >= 15 is 0 Å². The van der Waals surface area contributed by atoms with E-state index in [1.54, 1.807) is 6.07 Å². The Morgan fingerprint density at radius 2 is 1.94 bits per heavy atom. The molecule has 2 rings (SSSR count). The van der Waals surface area contributed by atoms with E-state index in [0.29, 0.717) is 5.69 Å². The summed E-state index contributed by atoms with van der Waals surface area (Å²) in [7, 11) is 0. The molecular formula is C12H8Br2N2. The number of hydrogen-bond donors (Lipinski definition) is 0. The molecule has 0 saturated carbocycles. The monoisotopic (exact) mass is 338 g/mol. The van der Waals surface area contributed by atoms with Gasteiger partial charge < -0.3 is 0 Å². The molecule has 0 saturated heterocycles. The zero-order valence-electron chi connectivity index (χ0n) is 8.54. The molecule has 4 heteroatoms. The van der Waals surface area contributed by atoms with E-state index in [4.69, 9.17) is 5.26 Å². The van der Waals surface area contributed by atoms with Crippen molar-refractivity contribution in [2.24, 2.45) is 0 Å². The van der Waals surface area contributed by atoms with E-state index in [0.717, 1.165) is 14.8 Å². The van der Waals surface area contributed by atoms with Crippen molar-refractivity contribution in [1.29, 1.82) is 5.26 Å². The van der Waals surface area contributed by atoms with Gasteiger partial charge in [-0.15, -0.1) is 0 Å². The van der Waals surface area contributed by atoms with Gasteiger partial charge in [0.15, 0.2) is 0 Å². The van der Waals surface area contributed by atoms with Gasteiger partial charge >= 0.3 is 0 Å². The molecule has 1 aromatic heterocycles. The summed E-state index contributed by atoms with van der Waals surface area (Å²) in [4.78, 5) is 0. The highest BCUT2D eigenvalue weighted by Crippen LogP contribution is 2.28. The Kier molecular flexibility index (Phi) is 3.17. The van der Waals surface area contributed by atoms with Gasteiger partial charge in [-0.1, -0.05) is 6.07 Å². The van der Waals surface area contributed by atoms with Gasteiger partial charge in [-0.3, -0.25) is 4.57 Å². The SMILES string of the molecule is Cc1ccc(-n2c(Br)ccc2C#N)c(Br)c1. The molecule has 0 atom stereocenters. The summed E-state index contributed by atoms with van der Waals surface area (Å²) < 4.78 is 3.71. The first-order valence-corrected chi connectivity index (χ1v) is 6.26. The zero-order chi connectivity index (χ0) is 11.7. The van der Waals surface area contributed by atoms with Crippen molar-refractivity contribution in [3.8, 4) is 11.8 Å². The summed E-state index contributed by atoms with van der Waals surface area (Å²) in [6, 6.07) is 11.9. The minimum atomic E-state index is 0.608. The molecule has 0 aliphatic heterocycles. The normalized spacial score (nSPS) is 10.1. The lowest BCUT2D eigenvalue weighted by Gasteiger charge is -2.09. The molecule has 2 aromatic rings. The quantitative estimate of drug-likeness (QED) is 0.766. The Balaban J connectivity index is 2.68. The van der Waals surface area contributed by atoms with E-state index < -0.39 is 0 Å². The number of nitrogens with zero attached hydrogens (tertiary/aromatic N) is 2. The van der Waals surface area contributed by atoms with Gasteiger partial charge in [-0.25, -0.2) is 0 Å². The van der Waals surface area contributed by atoms with Crippen LogP contribution in [0.3, 0.4) is 0 Å². The highest BCUT2D eigenvalue weighted by Gasteiger charge is 2.10. The maximum absolute atomic E-state index is 9.03. The number of aryl methyl sites for hydroxylation is 1. The fraction of sp³-hybridized carbons (Fsp3) is 0.0833. The minimum absolute atomic E-state index is 0.608. The van der Waals surface area contributed by atoms with Crippen molar-refractivity contribution >= 4 is 31.9 Å². The summed E-state index contributed by atoms with van der Waals surface area (Å²) in [6.07, 6.45) is 0. The molecule has 0 aliphatic carbocycles. The number of nitriles is 1. The minimum Gasteiger partial charge on any atom is -0.294 e. The topological polar surface area (TPSA) is 28.7 Å². The summed E-state index contributed by atoms with van der Waals surface area (Å²) in [5.41, 5.74) is 2.74. The molecule has 0 unspecified atom stereocenters. The molecule has 0 spiro atoms. The van der Waals surface area contributed by atoms with Crippen molar-refractivity contribution < 1.29 is 0 Å². The van der Waals surface area contributed by atoms with E-state index in [1.807, 2.05) is 35.8 Å². The predicted molar refractivity (Wildman–Crippen MR) is 70.6 cm³/mol. The van der Waals surface area contributed by atoms with Crippen molar-refractivity contribution in [3.05, 3.63) is 50.7 Å². The number of aromatic nitrogens is 1. The van der Waals surface area contributed by atoms with Crippen LogP contribution in [-0.4, -0.2) is 4.57 Å². The first kappa shape index (κ1) is 11.4. The number of rotatable bonds is 1. The molecule has 0 radical (unpaired) electrons. The van der Waals surface area contributed by atoms with Crippen molar-refractivity contribution in [2.45, 2.75) is 6.92 Å². The molecule has 80 valence electrons. The van der Waals surface area contributed by atoms with Crippen LogP contribution in [0.4, 0.5) is 0 Å². The van der Waals surface area contributed by atoms with Gasteiger partial charge in [0.1, 0.15) is 11.8 Å². The van der Waals surface area contributed by atoms with Crippen molar-refractivity contribution in [1.82, 2.24) is 4.57 Å². The maximum atomic E-state index is 9.03. The Hall–Kier alpha value is -1.05. The van der Waals surface area contributed by atoms with Crippen LogP contribution in [0.1, 0.15) is 11.3 Å². The molecule has 1 heterocycles. The van der Waals surface area contributed by atoms with Gasteiger partial charge in [-0.2, -0.15) is 5.26 Å². The average molecular weight is 340 g/mol. The summed E-state index contributed by atoms with van der Waals surface area (Å²) >= 11 is 6.95. The fourth-order valence-electron chi connectivity index (χ4n) is 1.54. The average Bonchev–Trinajstić information content (AvgIpc) is 2.60. The van der Waals surface area contributed by atoms with Crippen LogP contribution in [0.25, 0.3) is 5.69 Å². The lowest BCUT2D eigenvalue weighted by molar-refractivity contribution is 1.01. The Bertz CT molecular complexity index is 579. The number of halogens is 2. The predicted octanol–water partition coefficient (Wildman–Crippen LogP) is 4.18. The van der Waals surface area contributed by atoms with Crippen LogP contribution >= 0.6 is 31.9 Å². The highest BCUT2D eigenvalue weighted by atomic mass is 79.9. The van der Waals surface area contributed by atoms with Crippen LogP contribution in [0.5, 0.6) is 0 Å². The molecule has 0 bridgehead atoms. The first-order valence-electron chi connectivity index (χ1n) is 4.67.